The molecular weight excluding hydrogens is 218 g/mol. The maximum Gasteiger partial charge on any atom is 0.258 e. The third-order valence-electron chi connectivity index (χ3n) is 2.31. The van der Waals surface area contributed by atoms with Gasteiger partial charge in [-0.1, -0.05) is 12.1 Å². The molecule has 0 atom stereocenters. The van der Waals surface area contributed by atoms with Crippen LogP contribution in [0.1, 0.15) is 27.6 Å². The van der Waals surface area contributed by atoms with Crippen LogP contribution in [0.4, 0.5) is 5.69 Å². The summed E-state index contributed by atoms with van der Waals surface area (Å²) < 4.78 is 4.82. The Morgan fingerprint density at radius 2 is 2.00 bits per heavy atom. The molecule has 1 N–H and O–H groups in total. The lowest BCUT2D eigenvalue weighted by atomic mass is 10.1. The Balaban J connectivity index is 2.16. The van der Waals surface area contributed by atoms with E-state index in [4.69, 9.17) is 4.42 Å². The van der Waals surface area contributed by atoms with Crippen molar-refractivity contribution in [1.29, 1.82) is 0 Å². The zero-order chi connectivity index (χ0) is 12.3. The second-order valence-corrected chi connectivity index (χ2v) is 3.60. The largest absolute Gasteiger partial charge is 0.472 e. The van der Waals surface area contributed by atoms with E-state index in [0.29, 0.717) is 16.8 Å². The van der Waals surface area contributed by atoms with Gasteiger partial charge < -0.3 is 9.73 Å². The van der Waals surface area contributed by atoms with Gasteiger partial charge in [0.15, 0.2) is 5.78 Å². The highest BCUT2D eigenvalue weighted by Gasteiger charge is 2.08. The summed E-state index contributed by atoms with van der Waals surface area (Å²) in [5.41, 5.74) is 1.59. The molecule has 1 aromatic heterocycles. The van der Waals surface area contributed by atoms with Gasteiger partial charge >= 0.3 is 0 Å². The van der Waals surface area contributed by atoms with Gasteiger partial charge in [0.05, 0.1) is 11.8 Å². The van der Waals surface area contributed by atoms with Crippen molar-refractivity contribution < 1.29 is 14.0 Å². The summed E-state index contributed by atoms with van der Waals surface area (Å²) in [6, 6.07) is 8.37. The normalized spacial score (nSPS) is 9.94. The van der Waals surface area contributed by atoms with Gasteiger partial charge in [-0.05, 0) is 25.1 Å². The van der Waals surface area contributed by atoms with Crippen LogP contribution < -0.4 is 5.32 Å². The number of carbonyl (C=O) groups excluding carboxylic acids is 2. The van der Waals surface area contributed by atoms with Gasteiger partial charge in [0, 0.05) is 11.3 Å². The van der Waals surface area contributed by atoms with Gasteiger partial charge in [-0.2, -0.15) is 0 Å². The minimum absolute atomic E-state index is 0.0376. The monoisotopic (exact) mass is 229 g/mol. The van der Waals surface area contributed by atoms with Crippen LogP contribution in [0, 0.1) is 0 Å². The van der Waals surface area contributed by atoms with Crippen LogP contribution in [-0.4, -0.2) is 11.7 Å². The van der Waals surface area contributed by atoms with Gasteiger partial charge in [-0.3, -0.25) is 9.59 Å². The summed E-state index contributed by atoms with van der Waals surface area (Å²) in [5, 5.41) is 2.69. The Bertz CT molecular complexity index is 544. The third kappa shape index (κ3) is 2.60. The molecule has 0 radical (unpaired) electrons. The Morgan fingerprint density at radius 1 is 1.18 bits per heavy atom. The van der Waals surface area contributed by atoms with Crippen LogP contribution in [-0.2, 0) is 0 Å². The van der Waals surface area contributed by atoms with Crippen LogP contribution in [0.3, 0.4) is 0 Å². The summed E-state index contributed by atoms with van der Waals surface area (Å²) in [6.07, 6.45) is 2.80. The van der Waals surface area contributed by atoms with Gasteiger partial charge in [0.1, 0.15) is 6.26 Å². The number of furan rings is 1. The molecule has 86 valence electrons. The van der Waals surface area contributed by atoms with Gasteiger partial charge in [0.25, 0.3) is 5.91 Å². The first kappa shape index (κ1) is 11.1. The molecule has 2 aromatic rings. The Kier molecular flexibility index (Phi) is 3.05. The molecule has 0 fully saturated rings. The lowest BCUT2D eigenvalue weighted by Gasteiger charge is -2.04. The number of anilines is 1. The number of amides is 1. The van der Waals surface area contributed by atoms with E-state index in [-0.39, 0.29) is 11.7 Å². The van der Waals surface area contributed by atoms with Crippen LogP contribution in [0.5, 0.6) is 0 Å². The molecule has 1 heterocycles. The summed E-state index contributed by atoms with van der Waals surface area (Å²) in [4.78, 5) is 22.9. The number of hydrogen-bond acceptors (Lipinski definition) is 3. The molecule has 4 nitrogen and oxygen atoms in total. The molecule has 0 unspecified atom stereocenters. The van der Waals surface area contributed by atoms with Crippen molar-refractivity contribution in [3.8, 4) is 0 Å². The summed E-state index contributed by atoms with van der Waals surface area (Å²) in [5.74, 6) is -0.302. The second-order valence-electron chi connectivity index (χ2n) is 3.60. The summed E-state index contributed by atoms with van der Waals surface area (Å²) >= 11 is 0. The highest BCUT2D eigenvalue weighted by molar-refractivity contribution is 6.04. The predicted octanol–water partition coefficient (Wildman–Crippen LogP) is 2.73. The van der Waals surface area contributed by atoms with E-state index in [9.17, 15) is 9.59 Å². The van der Waals surface area contributed by atoms with Crippen molar-refractivity contribution >= 4 is 17.4 Å². The molecule has 2 rings (SSSR count). The molecule has 4 heteroatoms. The lowest BCUT2D eigenvalue weighted by molar-refractivity contribution is 0.101. The maximum absolute atomic E-state index is 11.7. The van der Waals surface area contributed by atoms with Crippen LogP contribution in [0.15, 0.2) is 47.3 Å². The quantitative estimate of drug-likeness (QED) is 0.823. The maximum atomic E-state index is 11.7. The fraction of sp³-hybridized carbons (Fsp3) is 0.0769. The highest BCUT2D eigenvalue weighted by Crippen LogP contribution is 2.12. The summed E-state index contributed by atoms with van der Waals surface area (Å²) in [7, 11) is 0. The lowest BCUT2D eigenvalue weighted by Crippen LogP contribution is -2.11. The standard InChI is InChI=1S/C13H11NO3/c1-9(15)10-3-2-4-12(7-10)14-13(16)11-5-6-17-8-11/h2-8H,1H3,(H,14,16). The zero-order valence-electron chi connectivity index (χ0n) is 9.27. The SMILES string of the molecule is CC(=O)c1cccc(NC(=O)c2ccoc2)c1. The fourth-order valence-corrected chi connectivity index (χ4v) is 1.41. The molecule has 0 aliphatic rings. The number of nitrogens with one attached hydrogen (secondary N) is 1. The van der Waals surface area contributed by atoms with E-state index in [0.717, 1.165) is 0 Å². The van der Waals surface area contributed by atoms with Crippen molar-refractivity contribution in [3.05, 3.63) is 54.0 Å². The average molecular weight is 229 g/mol. The van der Waals surface area contributed by atoms with Gasteiger partial charge in [-0.15, -0.1) is 0 Å². The molecule has 1 aromatic carbocycles. The number of carbonyl (C=O) groups is 2. The topological polar surface area (TPSA) is 59.3 Å². The van der Waals surface area contributed by atoms with E-state index in [1.807, 2.05) is 0 Å². The smallest absolute Gasteiger partial charge is 0.258 e. The van der Waals surface area contributed by atoms with E-state index in [1.165, 1.54) is 19.5 Å². The zero-order valence-corrected chi connectivity index (χ0v) is 9.27. The molecule has 17 heavy (non-hydrogen) atoms. The molecule has 1 amide bonds. The molecular formula is C13H11NO3. The fourth-order valence-electron chi connectivity index (χ4n) is 1.41. The van der Waals surface area contributed by atoms with Gasteiger partial charge in [-0.25, -0.2) is 0 Å². The van der Waals surface area contributed by atoms with Gasteiger partial charge in [0.2, 0.25) is 0 Å². The van der Waals surface area contributed by atoms with Crippen LogP contribution in [0.25, 0.3) is 0 Å². The number of benzene rings is 1. The van der Waals surface area contributed by atoms with Crippen molar-refractivity contribution in [1.82, 2.24) is 0 Å². The Hall–Kier alpha value is -2.36. The van der Waals surface area contributed by atoms with E-state index in [1.54, 1.807) is 30.3 Å². The number of hydrogen-bond donors (Lipinski definition) is 1. The predicted molar refractivity (Wildman–Crippen MR) is 63.1 cm³/mol. The number of Topliss-reactive ketones (excluding diaryl/α,β-unsaturated/α-hetero) is 1. The van der Waals surface area contributed by atoms with Crippen LogP contribution in [0.2, 0.25) is 0 Å². The highest BCUT2D eigenvalue weighted by atomic mass is 16.3. The van der Waals surface area contributed by atoms with E-state index < -0.39 is 0 Å². The first-order valence-electron chi connectivity index (χ1n) is 5.11. The molecule has 0 spiro atoms. The third-order valence-corrected chi connectivity index (χ3v) is 2.31. The first-order chi connectivity index (χ1) is 8.16. The number of rotatable bonds is 3. The van der Waals surface area contributed by atoms with Crippen molar-refractivity contribution in [3.63, 3.8) is 0 Å². The molecule has 0 aliphatic carbocycles. The Morgan fingerprint density at radius 3 is 2.65 bits per heavy atom. The number of ketones is 1. The van der Waals surface area contributed by atoms with Crippen molar-refractivity contribution in [2.75, 3.05) is 5.32 Å². The molecule has 0 aliphatic heterocycles. The van der Waals surface area contributed by atoms with Crippen molar-refractivity contribution in [2.24, 2.45) is 0 Å². The first-order valence-corrected chi connectivity index (χ1v) is 5.11. The van der Waals surface area contributed by atoms with E-state index >= 15 is 0 Å². The second kappa shape index (κ2) is 4.65. The minimum Gasteiger partial charge on any atom is -0.472 e. The van der Waals surface area contributed by atoms with E-state index in [2.05, 4.69) is 5.32 Å². The minimum atomic E-state index is -0.264. The molecule has 0 saturated heterocycles. The average Bonchev–Trinajstić information content (AvgIpc) is 2.82. The van der Waals surface area contributed by atoms with Crippen LogP contribution >= 0.6 is 0 Å². The van der Waals surface area contributed by atoms with Crippen molar-refractivity contribution in [2.45, 2.75) is 6.92 Å². The molecule has 0 saturated carbocycles. The Labute approximate surface area is 98.3 Å². The summed E-state index contributed by atoms with van der Waals surface area (Å²) in [6.45, 7) is 1.48. The molecule has 0 bridgehead atoms.